The highest BCUT2D eigenvalue weighted by Gasteiger charge is 2.21. The number of nitrogens with zero attached hydrogens (tertiary/aromatic N) is 1. The van der Waals surface area contributed by atoms with Gasteiger partial charge in [0, 0.05) is 25.7 Å². The Kier molecular flexibility index (Phi) is 3.01. The quantitative estimate of drug-likeness (QED) is 0.658. The van der Waals surface area contributed by atoms with Gasteiger partial charge in [0.1, 0.15) is 0 Å². The largest absolute Gasteiger partial charge is 0.310 e. The minimum Gasteiger partial charge on any atom is -0.310 e. The van der Waals surface area contributed by atoms with E-state index in [-0.39, 0.29) is 0 Å². The molecule has 0 spiro atoms. The fraction of sp³-hybridized carbons (Fsp3) is 0.818. The Morgan fingerprint density at radius 2 is 2.38 bits per heavy atom. The summed E-state index contributed by atoms with van der Waals surface area (Å²) in [7, 11) is 0. The minimum atomic E-state index is 0.845. The summed E-state index contributed by atoms with van der Waals surface area (Å²) in [5.74, 6) is 0. The van der Waals surface area contributed by atoms with Crippen molar-refractivity contribution in [3.8, 4) is 0 Å². The molecule has 1 saturated carbocycles. The molecule has 0 unspecified atom stereocenters. The summed E-state index contributed by atoms with van der Waals surface area (Å²) >= 11 is 0. The molecule has 1 aliphatic heterocycles. The van der Waals surface area contributed by atoms with Gasteiger partial charge >= 0.3 is 0 Å². The van der Waals surface area contributed by atoms with Gasteiger partial charge in [-0.1, -0.05) is 13.0 Å². The van der Waals surface area contributed by atoms with Gasteiger partial charge < -0.3 is 5.32 Å². The van der Waals surface area contributed by atoms with Gasteiger partial charge in [-0.3, -0.25) is 4.90 Å². The predicted octanol–water partition coefficient (Wildman–Crippen LogP) is 1.39. The van der Waals surface area contributed by atoms with E-state index in [0.717, 1.165) is 12.6 Å². The standard InChI is InChI=1S/C11H20N2/c1-2-13-7-3-4-10(9-13)8-12-11-5-6-11/h4,11-12H,2-3,5-9H2,1H3. The van der Waals surface area contributed by atoms with E-state index in [2.05, 4.69) is 23.2 Å². The van der Waals surface area contributed by atoms with Crippen LogP contribution in [0.3, 0.4) is 0 Å². The van der Waals surface area contributed by atoms with Crippen LogP contribution in [0.2, 0.25) is 0 Å². The van der Waals surface area contributed by atoms with Crippen LogP contribution in [0.5, 0.6) is 0 Å². The zero-order chi connectivity index (χ0) is 9.10. The van der Waals surface area contributed by atoms with E-state index in [1.54, 1.807) is 5.57 Å². The van der Waals surface area contributed by atoms with E-state index < -0.39 is 0 Å². The maximum atomic E-state index is 3.58. The maximum Gasteiger partial charge on any atom is 0.0205 e. The topological polar surface area (TPSA) is 15.3 Å². The van der Waals surface area contributed by atoms with E-state index in [1.807, 2.05) is 0 Å². The zero-order valence-corrected chi connectivity index (χ0v) is 8.55. The number of hydrogen-bond acceptors (Lipinski definition) is 2. The second kappa shape index (κ2) is 4.25. The summed E-state index contributed by atoms with van der Waals surface area (Å²) < 4.78 is 0. The monoisotopic (exact) mass is 180 g/mol. The summed E-state index contributed by atoms with van der Waals surface area (Å²) in [6.45, 7) is 7.01. The molecule has 0 atom stereocenters. The van der Waals surface area contributed by atoms with Crippen LogP contribution < -0.4 is 5.32 Å². The molecule has 2 heteroatoms. The first kappa shape index (κ1) is 9.22. The molecule has 0 bridgehead atoms. The summed E-state index contributed by atoms with van der Waals surface area (Å²) in [6, 6.07) is 0.845. The van der Waals surface area contributed by atoms with Crippen LogP contribution in [0.25, 0.3) is 0 Å². The lowest BCUT2D eigenvalue weighted by Crippen LogP contribution is -2.33. The van der Waals surface area contributed by atoms with E-state index in [1.165, 1.54) is 38.9 Å². The van der Waals surface area contributed by atoms with Crippen molar-refractivity contribution in [2.24, 2.45) is 0 Å². The number of rotatable bonds is 4. The Hall–Kier alpha value is -0.340. The third-order valence-electron chi connectivity index (χ3n) is 2.95. The molecule has 0 radical (unpaired) electrons. The number of hydrogen-bond donors (Lipinski definition) is 1. The molecule has 1 heterocycles. The number of likely N-dealkylation sites (N-methyl/N-ethyl adjacent to an activating group) is 1. The van der Waals surface area contributed by atoms with E-state index in [9.17, 15) is 0 Å². The lowest BCUT2D eigenvalue weighted by atomic mass is 10.1. The average Bonchev–Trinajstić information content (AvgIpc) is 2.99. The van der Waals surface area contributed by atoms with Crippen molar-refractivity contribution in [3.63, 3.8) is 0 Å². The van der Waals surface area contributed by atoms with E-state index in [0.29, 0.717) is 0 Å². The van der Waals surface area contributed by atoms with Crippen molar-refractivity contribution in [1.29, 1.82) is 0 Å². The van der Waals surface area contributed by atoms with Gasteiger partial charge in [0.2, 0.25) is 0 Å². The SMILES string of the molecule is CCN1CCC=C(CNC2CC2)C1. The summed E-state index contributed by atoms with van der Waals surface area (Å²) in [5, 5.41) is 3.58. The zero-order valence-electron chi connectivity index (χ0n) is 8.55. The van der Waals surface area contributed by atoms with Crippen LogP contribution in [-0.2, 0) is 0 Å². The van der Waals surface area contributed by atoms with Crippen LogP contribution in [-0.4, -0.2) is 37.1 Å². The normalized spacial score (nSPS) is 24.5. The highest BCUT2D eigenvalue weighted by molar-refractivity contribution is 5.10. The summed E-state index contributed by atoms with van der Waals surface area (Å²) in [4.78, 5) is 2.52. The van der Waals surface area contributed by atoms with Crippen LogP contribution >= 0.6 is 0 Å². The molecule has 0 aromatic rings. The fourth-order valence-electron chi connectivity index (χ4n) is 1.84. The van der Waals surface area contributed by atoms with Gasteiger partial charge in [-0.15, -0.1) is 0 Å². The van der Waals surface area contributed by atoms with Crippen molar-refractivity contribution < 1.29 is 0 Å². The minimum absolute atomic E-state index is 0.845. The smallest absolute Gasteiger partial charge is 0.0205 e. The lowest BCUT2D eigenvalue weighted by molar-refractivity contribution is 0.303. The van der Waals surface area contributed by atoms with E-state index >= 15 is 0 Å². The number of nitrogens with one attached hydrogen (secondary N) is 1. The van der Waals surface area contributed by atoms with Crippen LogP contribution in [0, 0.1) is 0 Å². The molecule has 1 fully saturated rings. The Labute approximate surface area is 81.0 Å². The molecular formula is C11H20N2. The van der Waals surface area contributed by atoms with Gasteiger partial charge in [0.15, 0.2) is 0 Å². The first-order valence-corrected chi connectivity index (χ1v) is 5.52. The third-order valence-corrected chi connectivity index (χ3v) is 2.95. The van der Waals surface area contributed by atoms with Crippen molar-refractivity contribution in [2.45, 2.75) is 32.2 Å². The second-order valence-corrected chi connectivity index (χ2v) is 4.17. The van der Waals surface area contributed by atoms with Crippen LogP contribution in [0.4, 0.5) is 0 Å². The summed E-state index contributed by atoms with van der Waals surface area (Å²) in [5.41, 5.74) is 1.60. The second-order valence-electron chi connectivity index (χ2n) is 4.17. The molecule has 13 heavy (non-hydrogen) atoms. The Bertz CT molecular complexity index is 194. The summed E-state index contributed by atoms with van der Waals surface area (Å²) in [6.07, 6.45) is 6.45. The highest BCUT2D eigenvalue weighted by atomic mass is 15.1. The van der Waals surface area contributed by atoms with Crippen molar-refractivity contribution >= 4 is 0 Å². The molecule has 2 nitrogen and oxygen atoms in total. The first-order valence-electron chi connectivity index (χ1n) is 5.52. The van der Waals surface area contributed by atoms with Crippen molar-refractivity contribution in [2.75, 3.05) is 26.2 Å². The van der Waals surface area contributed by atoms with Gasteiger partial charge in [-0.2, -0.15) is 0 Å². The third kappa shape index (κ3) is 2.82. The lowest BCUT2D eigenvalue weighted by Gasteiger charge is -2.26. The van der Waals surface area contributed by atoms with E-state index in [4.69, 9.17) is 0 Å². The van der Waals surface area contributed by atoms with Crippen LogP contribution in [0.1, 0.15) is 26.2 Å². The maximum absolute atomic E-state index is 3.58. The molecule has 0 aromatic carbocycles. The average molecular weight is 180 g/mol. The van der Waals surface area contributed by atoms with Gasteiger partial charge in [-0.25, -0.2) is 0 Å². The fourth-order valence-corrected chi connectivity index (χ4v) is 1.84. The molecule has 0 amide bonds. The molecule has 2 aliphatic rings. The highest BCUT2D eigenvalue weighted by Crippen LogP contribution is 2.19. The van der Waals surface area contributed by atoms with Crippen molar-refractivity contribution in [1.82, 2.24) is 10.2 Å². The molecule has 1 aliphatic carbocycles. The van der Waals surface area contributed by atoms with Gasteiger partial charge in [-0.05, 0) is 31.4 Å². The molecule has 0 saturated heterocycles. The van der Waals surface area contributed by atoms with Gasteiger partial charge in [0.05, 0.1) is 0 Å². The predicted molar refractivity (Wildman–Crippen MR) is 55.8 cm³/mol. The molecule has 1 N–H and O–H groups in total. The van der Waals surface area contributed by atoms with Gasteiger partial charge in [0.25, 0.3) is 0 Å². The first-order chi connectivity index (χ1) is 6.38. The molecular weight excluding hydrogens is 160 g/mol. The Balaban J connectivity index is 1.73. The molecule has 2 rings (SSSR count). The Morgan fingerprint density at radius 1 is 1.54 bits per heavy atom. The van der Waals surface area contributed by atoms with Crippen molar-refractivity contribution in [3.05, 3.63) is 11.6 Å². The Morgan fingerprint density at radius 3 is 3.08 bits per heavy atom. The molecule has 0 aromatic heterocycles. The molecule has 74 valence electrons. The van der Waals surface area contributed by atoms with Crippen LogP contribution in [0.15, 0.2) is 11.6 Å².